The van der Waals surface area contributed by atoms with Gasteiger partial charge in [0.15, 0.2) is 0 Å². The highest BCUT2D eigenvalue weighted by atomic mass is 19.1. The van der Waals surface area contributed by atoms with Gasteiger partial charge in [-0.3, -0.25) is 4.90 Å². The summed E-state index contributed by atoms with van der Waals surface area (Å²) >= 11 is 0. The van der Waals surface area contributed by atoms with Gasteiger partial charge in [0.25, 0.3) is 0 Å². The summed E-state index contributed by atoms with van der Waals surface area (Å²) in [7, 11) is 0. The van der Waals surface area contributed by atoms with Crippen molar-refractivity contribution < 1.29 is 4.39 Å². The summed E-state index contributed by atoms with van der Waals surface area (Å²) in [4.78, 5) is 6.71. The first-order valence-electron chi connectivity index (χ1n) is 6.01. The third-order valence-corrected chi connectivity index (χ3v) is 3.55. The van der Waals surface area contributed by atoms with Crippen LogP contribution in [-0.4, -0.2) is 33.6 Å². The lowest BCUT2D eigenvalue weighted by Gasteiger charge is -2.42. The monoisotopic (exact) mass is 233 g/mol. The summed E-state index contributed by atoms with van der Waals surface area (Å²) in [5, 5.41) is 0. The van der Waals surface area contributed by atoms with Crippen molar-refractivity contribution in [2.24, 2.45) is 0 Å². The Morgan fingerprint density at radius 2 is 2.12 bits per heavy atom. The van der Waals surface area contributed by atoms with Crippen LogP contribution in [0.5, 0.6) is 0 Å². The van der Waals surface area contributed by atoms with Crippen LogP contribution in [0.2, 0.25) is 0 Å². The van der Waals surface area contributed by atoms with Crippen LogP contribution in [0.25, 0.3) is 11.0 Å². The maximum absolute atomic E-state index is 13.2. The smallest absolute Gasteiger partial charge is 0.125 e. The highest BCUT2D eigenvalue weighted by molar-refractivity contribution is 5.75. The molecule has 0 amide bonds. The molecule has 2 aromatic rings. The molecule has 0 bridgehead atoms. The van der Waals surface area contributed by atoms with Crippen molar-refractivity contribution in [3.05, 3.63) is 30.3 Å². The van der Waals surface area contributed by atoms with E-state index in [1.807, 2.05) is 6.33 Å². The van der Waals surface area contributed by atoms with Crippen molar-refractivity contribution in [1.29, 1.82) is 0 Å². The first-order valence-corrected chi connectivity index (χ1v) is 6.01. The van der Waals surface area contributed by atoms with Gasteiger partial charge in [0.1, 0.15) is 5.82 Å². The highest BCUT2D eigenvalue weighted by Gasteiger charge is 2.30. The van der Waals surface area contributed by atoms with E-state index in [0.717, 1.165) is 24.1 Å². The number of rotatable bonds is 2. The van der Waals surface area contributed by atoms with Gasteiger partial charge in [0, 0.05) is 19.1 Å². The van der Waals surface area contributed by atoms with E-state index in [-0.39, 0.29) is 5.82 Å². The summed E-state index contributed by atoms with van der Waals surface area (Å²) in [6, 6.07) is 5.78. The van der Waals surface area contributed by atoms with Crippen molar-refractivity contribution in [3.8, 4) is 0 Å². The molecule has 0 spiro atoms. The van der Waals surface area contributed by atoms with Crippen LogP contribution < -0.4 is 0 Å². The van der Waals surface area contributed by atoms with Gasteiger partial charge in [-0.2, -0.15) is 0 Å². The van der Waals surface area contributed by atoms with Crippen LogP contribution >= 0.6 is 0 Å². The summed E-state index contributed by atoms with van der Waals surface area (Å²) in [6.07, 6.45) is 1.83. The zero-order valence-corrected chi connectivity index (χ0v) is 10.1. The van der Waals surface area contributed by atoms with Crippen molar-refractivity contribution in [3.63, 3.8) is 0 Å². The van der Waals surface area contributed by atoms with Gasteiger partial charge in [-0.1, -0.05) is 0 Å². The number of benzene rings is 1. The number of hydrogen-bond acceptors (Lipinski definition) is 2. The number of hydrogen-bond donors (Lipinski definition) is 0. The minimum absolute atomic E-state index is 0.195. The van der Waals surface area contributed by atoms with E-state index in [9.17, 15) is 4.39 Å². The highest BCUT2D eigenvalue weighted by Crippen LogP contribution is 2.27. The molecule has 1 aliphatic heterocycles. The maximum Gasteiger partial charge on any atom is 0.125 e. The third-order valence-electron chi connectivity index (χ3n) is 3.55. The Bertz CT molecular complexity index is 541. The molecule has 1 aromatic carbocycles. The Balaban J connectivity index is 1.89. The SMILES string of the molecule is CC(C)N1CC(n2cnc3ccc(F)cc32)C1. The molecule has 0 atom stereocenters. The summed E-state index contributed by atoms with van der Waals surface area (Å²) in [6.45, 7) is 6.45. The standard InChI is InChI=1S/C13H16FN3/c1-9(2)16-6-11(7-16)17-8-15-12-4-3-10(14)5-13(12)17/h3-5,8-9,11H,6-7H2,1-2H3. The second kappa shape index (κ2) is 3.81. The van der Waals surface area contributed by atoms with Gasteiger partial charge < -0.3 is 4.57 Å². The van der Waals surface area contributed by atoms with E-state index in [2.05, 4.69) is 28.3 Å². The second-order valence-corrected chi connectivity index (χ2v) is 4.99. The number of aromatic nitrogens is 2. The van der Waals surface area contributed by atoms with E-state index in [1.54, 1.807) is 12.1 Å². The van der Waals surface area contributed by atoms with Crippen LogP contribution in [0.15, 0.2) is 24.5 Å². The quantitative estimate of drug-likeness (QED) is 0.794. The largest absolute Gasteiger partial charge is 0.325 e. The third kappa shape index (κ3) is 1.72. The summed E-state index contributed by atoms with van der Waals surface area (Å²) in [5.74, 6) is -0.195. The molecule has 0 radical (unpaired) electrons. The fraction of sp³-hybridized carbons (Fsp3) is 0.462. The van der Waals surface area contributed by atoms with Crippen molar-refractivity contribution in [2.75, 3.05) is 13.1 Å². The molecule has 4 heteroatoms. The molecule has 1 aliphatic rings. The fourth-order valence-electron chi connectivity index (χ4n) is 2.38. The molecular weight excluding hydrogens is 217 g/mol. The molecule has 1 aromatic heterocycles. The molecule has 3 nitrogen and oxygen atoms in total. The molecule has 1 fully saturated rings. The average molecular weight is 233 g/mol. The molecular formula is C13H16FN3. The molecule has 1 saturated heterocycles. The van der Waals surface area contributed by atoms with Crippen molar-refractivity contribution >= 4 is 11.0 Å². The molecule has 3 rings (SSSR count). The minimum Gasteiger partial charge on any atom is -0.325 e. The minimum atomic E-state index is -0.195. The molecule has 0 saturated carbocycles. The first-order chi connectivity index (χ1) is 8.15. The van der Waals surface area contributed by atoms with Gasteiger partial charge in [-0.25, -0.2) is 9.37 Å². The summed E-state index contributed by atoms with van der Waals surface area (Å²) < 4.78 is 15.3. The van der Waals surface area contributed by atoms with Crippen molar-refractivity contribution in [2.45, 2.75) is 25.9 Å². The predicted octanol–water partition coefficient (Wildman–Crippen LogP) is 2.44. The molecule has 0 aliphatic carbocycles. The van der Waals surface area contributed by atoms with Gasteiger partial charge >= 0.3 is 0 Å². The lowest BCUT2D eigenvalue weighted by molar-refractivity contribution is 0.0764. The van der Waals surface area contributed by atoms with E-state index >= 15 is 0 Å². The maximum atomic E-state index is 13.2. The van der Waals surface area contributed by atoms with Gasteiger partial charge in [0.05, 0.1) is 23.4 Å². The lowest BCUT2D eigenvalue weighted by atomic mass is 10.1. The van der Waals surface area contributed by atoms with Crippen LogP contribution in [0.1, 0.15) is 19.9 Å². The van der Waals surface area contributed by atoms with Crippen molar-refractivity contribution in [1.82, 2.24) is 14.5 Å². The zero-order valence-electron chi connectivity index (χ0n) is 10.1. The Labute approximate surface area is 99.9 Å². The fourth-order valence-corrected chi connectivity index (χ4v) is 2.38. The van der Waals surface area contributed by atoms with Crippen LogP contribution in [0.3, 0.4) is 0 Å². The lowest BCUT2D eigenvalue weighted by Crippen LogP contribution is -2.50. The van der Waals surface area contributed by atoms with Crippen LogP contribution in [0.4, 0.5) is 4.39 Å². The molecule has 0 unspecified atom stereocenters. The van der Waals surface area contributed by atoms with E-state index in [0.29, 0.717) is 12.1 Å². The van der Waals surface area contributed by atoms with E-state index in [1.165, 1.54) is 6.07 Å². The van der Waals surface area contributed by atoms with E-state index < -0.39 is 0 Å². The number of halogens is 1. The Hall–Kier alpha value is -1.42. The van der Waals surface area contributed by atoms with E-state index in [4.69, 9.17) is 0 Å². The number of nitrogens with zero attached hydrogens (tertiary/aromatic N) is 3. The Morgan fingerprint density at radius 1 is 1.35 bits per heavy atom. The molecule has 90 valence electrons. The molecule has 2 heterocycles. The van der Waals surface area contributed by atoms with Crippen LogP contribution in [-0.2, 0) is 0 Å². The second-order valence-electron chi connectivity index (χ2n) is 4.99. The molecule has 0 N–H and O–H groups in total. The number of likely N-dealkylation sites (tertiary alicyclic amines) is 1. The number of fused-ring (bicyclic) bond motifs is 1. The Kier molecular flexibility index (Phi) is 2.40. The Morgan fingerprint density at radius 3 is 2.82 bits per heavy atom. The summed E-state index contributed by atoms with van der Waals surface area (Å²) in [5.41, 5.74) is 1.77. The number of imidazole rings is 1. The topological polar surface area (TPSA) is 21.1 Å². The normalized spacial score (nSPS) is 17.9. The van der Waals surface area contributed by atoms with Gasteiger partial charge in [0.2, 0.25) is 0 Å². The first kappa shape index (κ1) is 10.7. The zero-order chi connectivity index (χ0) is 12.0. The van der Waals surface area contributed by atoms with Gasteiger partial charge in [-0.05, 0) is 32.0 Å². The average Bonchev–Trinajstić information content (AvgIpc) is 2.59. The van der Waals surface area contributed by atoms with Crippen LogP contribution in [0, 0.1) is 5.82 Å². The molecule has 17 heavy (non-hydrogen) atoms. The predicted molar refractivity (Wildman–Crippen MR) is 65.4 cm³/mol. The van der Waals surface area contributed by atoms with Gasteiger partial charge in [-0.15, -0.1) is 0 Å².